The summed E-state index contributed by atoms with van der Waals surface area (Å²) in [5.41, 5.74) is 1.94. The summed E-state index contributed by atoms with van der Waals surface area (Å²) in [6.45, 7) is 1.82. The van der Waals surface area contributed by atoms with Crippen LogP contribution in [0.3, 0.4) is 0 Å². The van der Waals surface area contributed by atoms with Gasteiger partial charge in [-0.25, -0.2) is 13.9 Å². The summed E-state index contributed by atoms with van der Waals surface area (Å²) in [6, 6.07) is 11.7. The predicted octanol–water partition coefficient (Wildman–Crippen LogP) is 2.02. The summed E-state index contributed by atoms with van der Waals surface area (Å²) in [5, 5.41) is 10.6. The van der Waals surface area contributed by atoms with E-state index in [0.717, 1.165) is 0 Å². The van der Waals surface area contributed by atoms with E-state index in [4.69, 9.17) is 4.74 Å². The number of amides is 2. The number of benzene rings is 2. The summed E-state index contributed by atoms with van der Waals surface area (Å²) in [5.74, 6) is -0.749. The van der Waals surface area contributed by atoms with Gasteiger partial charge in [-0.3, -0.25) is 9.69 Å². The highest BCUT2D eigenvalue weighted by molar-refractivity contribution is 5.90. The molecule has 1 aromatic heterocycles. The summed E-state index contributed by atoms with van der Waals surface area (Å²) in [6.07, 6.45) is -1.06. The van der Waals surface area contributed by atoms with Gasteiger partial charge in [-0.15, -0.1) is 5.10 Å². The Labute approximate surface area is 153 Å². The Balaban J connectivity index is 1.59. The minimum absolute atomic E-state index is 0.208. The lowest BCUT2D eigenvalue weighted by Crippen LogP contribution is -2.33. The lowest BCUT2D eigenvalue weighted by Gasteiger charge is -2.14. The molecule has 0 saturated carbocycles. The van der Waals surface area contributed by atoms with E-state index in [0.29, 0.717) is 16.7 Å². The number of para-hydroxylation sites is 1. The number of carbonyl (C=O) groups is 2. The zero-order chi connectivity index (χ0) is 19.0. The van der Waals surface area contributed by atoms with Crippen molar-refractivity contribution in [1.29, 1.82) is 0 Å². The Morgan fingerprint density at radius 3 is 2.93 bits per heavy atom. The molecule has 3 aromatic rings. The van der Waals surface area contributed by atoms with Crippen molar-refractivity contribution in [2.45, 2.75) is 13.0 Å². The molecule has 0 spiro atoms. The minimum atomic E-state index is -0.580. The van der Waals surface area contributed by atoms with Gasteiger partial charge in [0.1, 0.15) is 17.3 Å². The van der Waals surface area contributed by atoms with Crippen molar-refractivity contribution in [2.24, 2.45) is 0 Å². The highest BCUT2D eigenvalue weighted by Crippen LogP contribution is 2.26. The van der Waals surface area contributed by atoms with E-state index in [1.54, 1.807) is 24.3 Å². The van der Waals surface area contributed by atoms with Gasteiger partial charge in [0, 0.05) is 6.92 Å². The molecule has 1 N–H and O–H groups in total. The number of fused-ring (bicyclic) bond motifs is 1. The topological polar surface area (TPSA) is 89.4 Å². The van der Waals surface area contributed by atoms with Crippen molar-refractivity contribution in [2.75, 3.05) is 18.0 Å². The number of nitrogens with one attached hydrogen (secondary N) is 1. The normalized spacial score (nSPS) is 16.6. The van der Waals surface area contributed by atoms with Crippen LogP contribution in [-0.4, -0.2) is 46.2 Å². The number of rotatable bonds is 4. The number of nitrogens with zero attached hydrogens (tertiary/aromatic N) is 4. The van der Waals surface area contributed by atoms with Crippen molar-refractivity contribution in [3.63, 3.8) is 0 Å². The van der Waals surface area contributed by atoms with Gasteiger partial charge in [0.25, 0.3) is 0 Å². The molecule has 0 bridgehead atoms. The van der Waals surface area contributed by atoms with E-state index < -0.39 is 18.0 Å². The van der Waals surface area contributed by atoms with E-state index in [9.17, 15) is 14.0 Å². The highest BCUT2D eigenvalue weighted by atomic mass is 19.1. The van der Waals surface area contributed by atoms with E-state index in [1.807, 2.05) is 12.1 Å². The van der Waals surface area contributed by atoms with E-state index in [2.05, 4.69) is 15.6 Å². The molecule has 9 heteroatoms. The average Bonchev–Trinajstić information content (AvgIpc) is 3.23. The van der Waals surface area contributed by atoms with Crippen LogP contribution in [0.5, 0.6) is 0 Å². The van der Waals surface area contributed by atoms with E-state index in [-0.39, 0.29) is 24.7 Å². The second-order valence-electron chi connectivity index (χ2n) is 6.18. The molecule has 1 aliphatic heterocycles. The highest BCUT2D eigenvalue weighted by Gasteiger charge is 2.32. The van der Waals surface area contributed by atoms with Crippen molar-refractivity contribution in [3.8, 4) is 5.69 Å². The first kappa shape index (κ1) is 17.0. The third kappa shape index (κ3) is 3.19. The van der Waals surface area contributed by atoms with Crippen LogP contribution in [0.15, 0.2) is 42.5 Å². The Morgan fingerprint density at radius 1 is 1.33 bits per heavy atom. The van der Waals surface area contributed by atoms with Crippen LogP contribution >= 0.6 is 0 Å². The van der Waals surface area contributed by atoms with Crippen molar-refractivity contribution >= 4 is 28.7 Å². The fourth-order valence-electron chi connectivity index (χ4n) is 2.98. The van der Waals surface area contributed by atoms with Crippen molar-refractivity contribution < 1.29 is 18.7 Å². The molecule has 8 nitrogen and oxygen atoms in total. The van der Waals surface area contributed by atoms with Gasteiger partial charge in [-0.05, 0) is 30.3 Å². The molecule has 1 aliphatic rings. The molecule has 2 heterocycles. The minimum Gasteiger partial charge on any atom is -0.442 e. The smallest absolute Gasteiger partial charge is 0.414 e. The van der Waals surface area contributed by atoms with Gasteiger partial charge in [0.2, 0.25) is 5.91 Å². The van der Waals surface area contributed by atoms with Crippen LogP contribution in [0.25, 0.3) is 16.7 Å². The summed E-state index contributed by atoms with van der Waals surface area (Å²) < 4.78 is 21.4. The zero-order valence-corrected chi connectivity index (χ0v) is 14.4. The van der Waals surface area contributed by atoms with Crippen LogP contribution in [0.1, 0.15) is 6.92 Å². The largest absolute Gasteiger partial charge is 0.442 e. The number of hydrogen-bond acceptors (Lipinski definition) is 5. The molecule has 0 unspecified atom stereocenters. The number of carbonyl (C=O) groups excluding carboxylic acids is 2. The molecule has 0 aliphatic carbocycles. The molecule has 138 valence electrons. The van der Waals surface area contributed by atoms with Crippen LogP contribution in [-0.2, 0) is 9.53 Å². The van der Waals surface area contributed by atoms with Gasteiger partial charge < -0.3 is 10.1 Å². The molecular weight excluding hydrogens is 353 g/mol. The monoisotopic (exact) mass is 369 g/mol. The van der Waals surface area contributed by atoms with Crippen LogP contribution in [0.4, 0.5) is 14.9 Å². The average molecular weight is 369 g/mol. The lowest BCUT2D eigenvalue weighted by molar-refractivity contribution is -0.119. The molecule has 2 amide bonds. The summed E-state index contributed by atoms with van der Waals surface area (Å²) in [4.78, 5) is 24.4. The van der Waals surface area contributed by atoms with Crippen LogP contribution < -0.4 is 10.2 Å². The molecule has 27 heavy (non-hydrogen) atoms. The predicted molar refractivity (Wildman–Crippen MR) is 95.1 cm³/mol. The van der Waals surface area contributed by atoms with E-state index in [1.165, 1.54) is 22.6 Å². The molecule has 1 fully saturated rings. The molecule has 2 aromatic carbocycles. The SMILES string of the molecule is CC(=O)NC[C@H]1CN(c2ccc(-n3nnc4ccccc43)c(F)c2)C(=O)O1. The molecule has 4 rings (SSSR count). The number of anilines is 1. The van der Waals surface area contributed by atoms with Gasteiger partial charge in [-0.2, -0.15) is 0 Å². The Morgan fingerprint density at radius 2 is 2.15 bits per heavy atom. The number of aromatic nitrogens is 3. The third-order valence-electron chi connectivity index (χ3n) is 4.28. The number of hydrogen-bond donors (Lipinski definition) is 1. The van der Waals surface area contributed by atoms with Crippen molar-refractivity contribution in [3.05, 3.63) is 48.3 Å². The first-order chi connectivity index (χ1) is 13.0. The summed E-state index contributed by atoms with van der Waals surface area (Å²) >= 11 is 0. The quantitative estimate of drug-likeness (QED) is 0.760. The van der Waals surface area contributed by atoms with Gasteiger partial charge in [-0.1, -0.05) is 17.3 Å². The van der Waals surface area contributed by atoms with Crippen molar-refractivity contribution in [1.82, 2.24) is 20.3 Å². The number of cyclic esters (lactones) is 1. The third-order valence-corrected chi connectivity index (χ3v) is 4.28. The molecule has 0 radical (unpaired) electrons. The van der Waals surface area contributed by atoms with Crippen LogP contribution in [0.2, 0.25) is 0 Å². The first-order valence-electron chi connectivity index (χ1n) is 8.36. The maximum atomic E-state index is 14.7. The van der Waals surface area contributed by atoms with E-state index >= 15 is 0 Å². The first-order valence-corrected chi connectivity index (χ1v) is 8.36. The fraction of sp³-hybridized carbons (Fsp3) is 0.222. The number of ether oxygens (including phenoxy) is 1. The fourth-order valence-corrected chi connectivity index (χ4v) is 2.98. The second kappa shape index (κ2) is 6.67. The maximum absolute atomic E-state index is 14.7. The second-order valence-corrected chi connectivity index (χ2v) is 6.18. The number of halogens is 1. The Kier molecular flexibility index (Phi) is 4.19. The maximum Gasteiger partial charge on any atom is 0.414 e. The summed E-state index contributed by atoms with van der Waals surface area (Å²) in [7, 11) is 0. The lowest BCUT2D eigenvalue weighted by atomic mass is 10.2. The standard InChI is InChI=1S/C18H16FN5O3/c1-11(25)20-9-13-10-23(18(26)27-13)12-6-7-16(14(19)8-12)24-17-5-3-2-4-15(17)21-22-24/h2-8,13H,9-10H2,1H3,(H,20,25)/t13-/m0/s1. The molecule has 1 saturated heterocycles. The van der Waals surface area contributed by atoms with Gasteiger partial charge >= 0.3 is 6.09 Å². The molecular formula is C18H16FN5O3. The molecule has 1 atom stereocenters. The van der Waals surface area contributed by atoms with Gasteiger partial charge in [0.05, 0.1) is 24.3 Å². The van der Waals surface area contributed by atoms with Gasteiger partial charge in [0.15, 0.2) is 5.82 Å². The Hall–Kier alpha value is -3.49. The van der Waals surface area contributed by atoms with Crippen LogP contribution in [0, 0.1) is 5.82 Å². The zero-order valence-electron chi connectivity index (χ0n) is 14.4. The Bertz CT molecular complexity index is 1030.